The van der Waals surface area contributed by atoms with Gasteiger partial charge in [-0.1, -0.05) is 23.8 Å². The molecule has 0 saturated carbocycles. The molecule has 3 aromatic carbocycles. The Morgan fingerprint density at radius 3 is 2.09 bits per heavy atom. The molecule has 178 valence electrons. The van der Waals surface area contributed by atoms with E-state index >= 15 is 0 Å². The molecule has 8 heteroatoms. The first-order valence-electron chi connectivity index (χ1n) is 11.3. The molecule has 0 atom stereocenters. The Morgan fingerprint density at radius 1 is 0.824 bits per heavy atom. The van der Waals surface area contributed by atoms with Gasteiger partial charge in [-0.05, 0) is 75.0 Å². The molecule has 4 rings (SSSR count). The summed E-state index contributed by atoms with van der Waals surface area (Å²) >= 11 is 0. The van der Waals surface area contributed by atoms with Crippen molar-refractivity contribution in [3.05, 3.63) is 83.4 Å². The number of rotatable bonds is 6. The van der Waals surface area contributed by atoms with Gasteiger partial charge in [0.2, 0.25) is 0 Å². The zero-order valence-corrected chi connectivity index (χ0v) is 20.5. The summed E-state index contributed by atoms with van der Waals surface area (Å²) in [5.74, 6) is -0.350. The number of benzene rings is 3. The van der Waals surface area contributed by atoms with Gasteiger partial charge in [-0.2, -0.15) is 0 Å². The largest absolute Gasteiger partial charge is 0.369 e. The molecular weight excluding hydrogens is 448 g/mol. The third-order valence-electron chi connectivity index (χ3n) is 6.06. The number of piperazine rings is 1. The van der Waals surface area contributed by atoms with E-state index in [0.717, 1.165) is 37.4 Å². The van der Waals surface area contributed by atoms with Crippen molar-refractivity contribution in [2.75, 3.05) is 48.2 Å². The molecule has 1 amide bonds. The minimum absolute atomic E-state index is 0.0363. The van der Waals surface area contributed by atoms with Gasteiger partial charge in [0, 0.05) is 48.8 Å². The molecule has 0 spiro atoms. The van der Waals surface area contributed by atoms with Crippen LogP contribution < -0.4 is 14.9 Å². The maximum absolute atomic E-state index is 13.0. The molecule has 3 aromatic rings. The maximum atomic E-state index is 13.0. The second-order valence-electron chi connectivity index (χ2n) is 8.74. The molecule has 1 fully saturated rings. The van der Waals surface area contributed by atoms with Crippen molar-refractivity contribution in [3.63, 3.8) is 0 Å². The summed E-state index contributed by atoms with van der Waals surface area (Å²) in [5.41, 5.74) is 4.30. The number of nitrogens with one attached hydrogen (secondary N) is 2. The van der Waals surface area contributed by atoms with E-state index in [-0.39, 0.29) is 10.8 Å². The number of likely N-dealkylation sites (N-methyl/N-ethyl adjacent to an activating group) is 1. The zero-order valence-electron chi connectivity index (χ0n) is 19.7. The van der Waals surface area contributed by atoms with Crippen molar-refractivity contribution in [1.82, 2.24) is 4.90 Å². The lowest BCUT2D eigenvalue weighted by atomic mass is 10.1. The molecule has 0 radical (unpaired) electrons. The van der Waals surface area contributed by atoms with Crippen LogP contribution in [0.2, 0.25) is 0 Å². The highest BCUT2D eigenvalue weighted by molar-refractivity contribution is 7.92. The second kappa shape index (κ2) is 9.87. The Kier molecular flexibility index (Phi) is 6.90. The predicted molar refractivity (Wildman–Crippen MR) is 137 cm³/mol. The average molecular weight is 479 g/mol. The summed E-state index contributed by atoms with van der Waals surface area (Å²) in [5, 5.41) is 2.89. The van der Waals surface area contributed by atoms with Gasteiger partial charge in [0.1, 0.15) is 0 Å². The minimum Gasteiger partial charge on any atom is -0.369 e. The molecule has 0 unspecified atom stereocenters. The molecule has 34 heavy (non-hydrogen) atoms. The number of amides is 1. The van der Waals surface area contributed by atoms with Crippen LogP contribution >= 0.6 is 0 Å². The lowest BCUT2D eigenvalue weighted by molar-refractivity contribution is 0.102. The van der Waals surface area contributed by atoms with Crippen molar-refractivity contribution in [1.29, 1.82) is 0 Å². The van der Waals surface area contributed by atoms with Crippen molar-refractivity contribution in [2.24, 2.45) is 0 Å². The van der Waals surface area contributed by atoms with Crippen molar-refractivity contribution in [3.8, 4) is 0 Å². The summed E-state index contributed by atoms with van der Waals surface area (Å²) in [4.78, 5) is 17.7. The lowest BCUT2D eigenvalue weighted by Crippen LogP contribution is -2.44. The number of hydrogen-bond donors (Lipinski definition) is 2. The van der Waals surface area contributed by atoms with Crippen molar-refractivity contribution < 1.29 is 13.2 Å². The van der Waals surface area contributed by atoms with Gasteiger partial charge in [0.25, 0.3) is 15.9 Å². The van der Waals surface area contributed by atoms with Crippen molar-refractivity contribution in [2.45, 2.75) is 18.7 Å². The van der Waals surface area contributed by atoms with Crippen LogP contribution in [-0.4, -0.2) is 52.5 Å². The highest BCUT2D eigenvalue weighted by Gasteiger charge is 2.19. The fraction of sp³-hybridized carbons (Fsp3) is 0.269. The standard InChI is InChI=1S/C26H30N4O3S/c1-19-4-7-22(8-5-19)28-34(32,33)24-13-6-20(2)25(18-24)26(31)27-21-9-11-23(12-10-21)30-16-14-29(3)15-17-30/h4-13,18,28H,14-17H2,1-3H3,(H,27,31). The summed E-state index contributed by atoms with van der Waals surface area (Å²) in [6.45, 7) is 7.71. The Bertz CT molecular complexity index is 1260. The van der Waals surface area contributed by atoms with Crippen LogP contribution in [0.5, 0.6) is 0 Å². The van der Waals surface area contributed by atoms with Gasteiger partial charge in [-0.3, -0.25) is 9.52 Å². The quantitative estimate of drug-likeness (QED) is 0.557. The van der Waals surface area contributed by atoms with Gasteiger partial charge in [0.05, 0.1) is 4.90 Å². The van der Waals surface area contributed by atoms with Crippen LogP contribution in [0.15, 0.2) is 71.6 Å². The minimum atomic E-state index is -3.83. The summed E-state index contributed by atoms with van der Waals surface area (Å²) in [6, 6.07) is 19.4. The van der Waals surface area contributed by atoms with Gasteiger partial charge in [-0.15, -0.1) is 0 Å². The second-order valence-corrected chi connectivity index (χ2v) is 10.4. The van der Waals surface area contributed by atoms with Crippen LogP contribution in [0.25, 0.3) is 0 Å². The van der Waals surface area contributed by atoms with E-state index in [0.29, 0.717) is 22.5 Å². The highest BCUT2D eigenvalue weighted by atomic mass is 32.2. The number of hydrogen-bond acceptors (Lipinski definition) is 5. The fourth-order valence-corrected chi connectivity index (χ4v) is 4.95. The first kappa shape index (κ1) is 23.8. The number of sulfonamides is 1. The molecule has 0 aromatic heterocycles. The number of nitrogens with zero attached hydrogens (tertiary/aromatic N) is 2. The smallest absolute Gasteiger partial charge is 0.261 e. The molecule has 1 aliphatic rings. The van der Waals surface area contributed by atoms with Crippen LogP contribution in [0.4, 0.5) is 17.1 Å². The molecule has 1 saturated heterocycles. The van der Waals surface area contributed by atoms with Crippen LogP contribution in [0.3, 0.4) is 0 Å². The Labute approximate surface area is 201 Å². The van der Waals surface area contributed by atoms with Crippen LogP contribution in [0.1, 0.15) is 21.5 Å². The van der Waals surface area contributed by atoms with Gasteiger partial charge < -0.3 is 15.1 Å². The molecule has 7 nitrogen and oxygen atoms in total. The molecule has 0 bridgehead atoms. The van der Waals surface area contributed by atoms with E-state index in [1.54, 1.807) is 25.1 Å². The lowest BCUT2D eigenvalue weighted by Gasteiger charge is -2.34. The average Bonchev–Trinajstić information content (AvgIpc) is 2.81. The number of carbonyl (C=O) groups excluding carboxylic acids is 1. The molecule has 1 heterocycles. The third kappa shape index (κ3) is 5.58. The number of aryl methyl sites for hydroxylation is 2. The normalized spacial score (nSPS) is 14.6. The van der Waals surface area contributed by atoms with Gasteiger partial charge in [-0.25, -0.2) is 8.42 Å². The highest BCUT2D eigenvalue weighted by Crippen LogP contribution is 2.23. The number of carbonyl (C=O) groups is 1. The van der Waals surface area contributed by atoms with Crippen LogP contribution in [-0.2, 0) is 10.0 Å². The van der Waals surface area contributed by atoms with E-state index in [1.165, 1.54) is 12.1 Å². The summed E-state index contributed by atoms with van der Waals surface area (Å²) in [6.07, 6.45) is 0. The topological polar surface area (TPSA) is 81.7 Å². The first-order chi connectivity index (χ1) is 16.2. The monoisotopic (exact) mass is 478 g/mol. The van der Waals surface area contributed by atoms with Crippen LogP contribution in [0, 0.1) is 13.8 Å². The van der Waals surface area contributed by atoms with Crippen molar-refractivity contribution >= 4 is 33.0 Å². The first-order valence-corrected chi connectivity index (χ1v) is 12.7. The maximum Gasteiger partial charge on any atom is 0.261 e. The summed E-state index contributed by atoms with van der Waals surface area (Å²) < 4.78 is 28.3. The number of anilines is 3. The summed E-state index contributed by atoms with van der Waals surface area (Å²) in [7, 11) is -1.71. The predicted octanol–water partition coefficient (Wildman–Crippen LogP) is 4.11. The molecular formula is C26H30N4O3S. The Balaban J connectivity index is 1.48. The fourth-order valence-electron chi connectivity index (χ4n) is 3.87. The van der Waals surface area contributed by atoms with Gasteiger partial charge >= 0.3 is 0 Å². The Hall–Kier alpha value is -3.36. The van der Waals surface area contributed by atoms with E-state index in [2.05, 4.69) is 26.9 Å². The third-order valence-corrected chi connectivity index (χ3v) is 7.44. The molecule has 1 aliphatic heterocycles. The van der Waals surface area contributed by atoms with E-state index in [4.69, 9.17) is 0 Å². The molecule has 2 N–H and O–H groups in total. The van der Waals surface area contributed by atoms with E-state index in [1.807, 2.05) is 43.3 Å². The zero-order chi connectivity index (χ0) is 24.3. The van der Waals surface area contributed by atoms with E-state index in [9.17, 15) is 13.2 Å². The van der Waals surface area contributed by atoms with Gasteiger partial charge in [0.15, 0.2) is 0 Å². The SMILES string of the molecule is Cc1ccc(NS(=O)(=O)c2ccc(C)c(C(=O)Nc3ccc(N4CCN(C)CC4)cc3)c2)cc1. The molecule has 0 aliphatic carbocycles. The van der Waals surface area contributed by atoms with E-state index < -0.39 is 10.0 Å². The Morgan fingerprint density at radius 2 is 1.44 bits per heavy atom.